The molecule has 0 bridgehead atoms. The first kappa shape index (κ1) is 9.37. The first-order valence-corrected chi connectivity index (χ1v) is 5.04. The third-order valence-corrected chi connectivity index (χ3v) is 2.88. The number of piperidine rings is 1. The molecule has 2 aliphatic heterocycles. The first-order valence-electron chi connectivity index (χ1n) is 5.04. The van der Waals surface area contributed by atoms with E-state index in [1.54, 1.807) is 0 Å². The molecule has 0 saturated carbocycles. The maximum Gasteiger partial charge on any atom is 0.118 e. The van der Waals surface area contributed by atoms with Gasteiger partial charge < -0.3 is 10.1 Å². The van der Waals surface area contributed by atoms with Gasteiger partial charge in [-0.1, -0.05) is 0 Å². The third-order valence-electron chi connectivity index (χ3n) is 2.88. The lowest BCUT2D eigenvalue weighted by Crippen LogP contribution is -2.55. The Morgan fingerprint density at radius 1 is 1.31 bits per heavy atom. The smallest absolute Gasteiger partial charge is 0.118 e. The molecule has 76 valence electrons. The molecule has 2 atom stereocenters. The standard InChI is InChI=1S/C9H17FN2O/c10-8-1-2-11-7-9(8)12-3-5-13-6-4-12/h8-9,11H,1-7H2/t8-,9+/m1/s1. The van der Waals surface area contributed by atoms with E-state index in [2.05, 4.69) is 10.2 Å². The van der Waals surface area contributed by atoms with Crippen LogP contribution in [0, 0.1) is 0 Å². The highest BCUT2D eigenvalue weighted by Gasteiger charge is 2.30. The molecule has 2 fully saturated rings. The van der Waals surface area contributed by atoms with Crippen molar-refractivity contribution in [2.24, 2.45) is 0 Å². The summed E-state index contributed by atoms with van der Waals surface area (Å²) in [4.78, 5) is 2.21. The number of morpholine rings is 1. The molecule has 0 spiro atoms. The van der Waals surface area contributed by atoms with Crippen LogP contribution in [0.3, 0.4) is 0 Å². The molecule has 2 heterocycles. The average molecular weight is 188 g/mol. The van der Waals surface area contributed by atoms with Crippen LogP contribution in [0.2, 0.25) is 0 Å². The van der Waals surface area contributed by atoms with E-state index in [9.17, 15) is 4.39 Å². The Balaban J connectivity index is 1.88. The highest BCUT2D eigenvalue weighted by atomic mass is 19.1. The van der Waals surface area contributed by atoms with Gasteiger partial charge in [0.05, 0.1) is 19.3 Å². The van der Waals surface area contributed by atoms with Gasteiger partial charge in [-0.2, -0.15) is 0 Å². The van der Waals surface area contributed by atoms with Crippen molar-refractivity contribution in [3.05, 3.63) is 0 Å². The topological polar surface area (TPSA) is 24.5 Å². The summed E-state index contributed by atoms with van der Waals surface area (Å²) in [6, 6.07) is 0.0812. The maximum absolute atomic E-state index is 13.5. The predicted octanol–water partition coefficient (Wildman–Crippen LogP) is 0.0186. The highest BCUT2D eigenvalue weighted by Crippen LogP contribution is 2.15. The Kier molecular flexibility index (Phi) is 3.14. The minimum absolute atomic E-state index is 0.0812. The SMILES string of the molecule is F[C@@H]1CCNC[C@@H]1N1CCOCC1. The summed E-state index contributed by atoms with van der Waals surface area (Å²) in [7, 11) is 0. The third kappa shape index (κ3) is 2.18. The van der Waals surface area contributed by atoms with E-state index in [-0.39, 0.29) is 6.04 Å². The molecule has 1 N–H and O–H groups in total. The van der Waals surface area contributed by atoms with Gasteiger partial charge in [0.15, 0.2) is 0 Å². The van der Waals surface area contributed by atoms with Crippen LogP contribution >= 0.6 is 0 Å². The van der Waals surface area contributed by atoms with Gasteiger partial charge in [0, 0.05) is 19.6 Å². The predicted molar refractivity (Wildman–Crippen MR) is 48.6 cm³/mol. The van der Waals surface area contributed by atoms with E-state index in [1.807, 2.05) is 0 Å². The molecule has 2 aliphatic rings. The molecule has 0 aromatic rings. The van der Waals surface area contributed by atoms with E-state index >= 15 is 0 Å². The fraction of sp³-hybridized carbons (Fsp3) is 1.00. The summed E-state index contributed by atoms with van der Waals surface area (Å²) in [5, 5.41) is 3.24. The van der Waals surface area contributed by atoms with Crippen LogP contribution in [0.5, 0.6) is 0 Å². The Hall–Kier alpha value is -0.190. The number of nitrogens with zero attached hydrogens (tertiary/aromatic N) is 1. The summed E-state index contributed by atoms with van der Waals surface area (Å²) in [6.45, 7) is 4.88. The number of hydrogen-bond donors (Lipinski definition) is 1. The Morgan fingerprint density at radius 3 is 2.77 bits per heavy atom. The number of halogens is 1. The van der Waals surface area contributed by atoms with E-state index in [4.69, 9.17) is 4.74 Å². The number of rotatable bonds is 1. The Labute approximate surface area is 78.2 Å². The van der Waals surface area contributed by atoms with Crippen LogP contribution in [-0.2, 0) is 4.74 Å². The summed E-state index contributed by atoms with van der Waals surface area (Å²) in [5.41, 5.74) is 0. The second-order valence-corrected chi connectivity index (χ2v) is 3.72. The molecule has 0 aromatic carbocycles. The fourth-order valence-corrected chi connectivity index (χ4v) is 2.08. The molecule has 2 rings (SSSR count). The summed E-state index contributed by atoms with van der Waals surface area (Å²) in [6.07, 6.45) is 0.00141. The van der Waals surface area contributed by atoms with Crippen molar-refractivity contribution in [3.8, 4) is 0 Å². The fourth-order valence-electron chi connectivity index (χ4n) is 2.08. The molecule has 2 saturated heterocycles. The lowest BCUT2D eigenvalue weighted by molar-refractivity contribution is -0.00964. The number of nitrogens with one attached hydrogen (secondary N) is 1. The van der Waals surface area contributed by atoms with Crippen molar-refractivity contribution in [3.63, 3.8) is 0 Å². The Morgan fingerprint density at radius 2 is 2.08 bits per heavy atom. The van der Waals surface area contributed by atoms with E-state index in [0.29, 0.717) is 6.42 Å². The van der Waals surface area contributed by atoms with Crippen molar-refractivity contribution >= 4 is 0 Å². The van der Waals surface area contributed by atoms with Gasteiger partial charge in [-0.25, -0.2) is 4.39 Å². The zero-order valence-corrected chi connectivity index (χ0v) is 7.84. The van der Waals surface area contributed by atoms with Crippen LogP contribution < -0.4 is 5.32 Å². The van der Waals surface area contributed by atoms with Crippen molar-refractivity contribution in [1.82, 2.24) is 10.2 Å². The minimum Gasteiger partial charge on any atom is -0.379 e. The van der Waals surface area contributed by atoms with Crippen LogP contribution in [0.25, 0.3) is 0 Å². The highest BCUT2D eigenvalue weighted by molar-refractivity contribution is 4.86. The zero-order chi connectivity index (χ0) is 9.10. The van der Waals surface area contributed by atoms with Crippen LogP contribution in [0.15, 0.2) is 0 Å². The zero-order valence-electron chi connectivity index (χ0n) is 7.84. The van der Waals surface area contributed by atoms with Crippen molar-refractivity contribution in [2.75, 3.05) is 39.4 Å². The molecule has 4 heteroatoms. The molecular weight excluding hydrogens is 171 g/mol. The molecular formula is C9H17FN2O. The molecule has 0 radical (unpaired) electrons. The van der Waals surface area contributed by atoms with Crippen LogP contribution in [0.4, 0.5) is 4.39 Å². The van der Waals surface area contributed by atoms with E-state index < -0.39 is 6.17 Å². The van der Waals surface area contributed by atoms with Gasteiger partial charge in [0.1, 0.15) is 6.17 Å². The van der Waals surface area contributed by atoms with Crippen molar-refractivity contribution in [1.29, 1.82) is 0 Å². The lowest BCUT2D eigenvalue weighted by atomic mass is 10.0. The molecule has 0 aliphatic carbocycles. The average Bonchev–Trinajstić information content (AvgIpc) is 2.20. The molecule has 0 amide bonds. The lowest BCUT2D eigenvalue weighted by Gasteiger charge is -2.38. The van der Waals surface area contributed by atoms with Crippen molar-refractivity contribution in [2.45, 2.75) is 18.6 Å². The molecule has 13 heavy (non-hydrogen) atoms. The second kappa shape index (κ2) is 4.35. The summed E-state index contributed by atoms with van der Waals surface area (Å²) in [5.74, 6) is 0. The second-order valence-electron chi connectivity index (χ2n) is 3.72. The summed E-state index contributed by atoms with van der Waals surface area (Å²) < 4.78 is 18.8. The number of ether oxygens (including phenoxy) is 1. The summed E-state index contributed by atoms with van der Waals surface area (Å²) >= 11 is 0. The van der Waals surface area contributed by atoms with Gasteiger partial charge in [-0.3, -0.25) is 4.90 Å². The van der Waals surface area contributed by atoms with Gasteiger partial charge in [0.25, 0.3) is 0 Å². The van der Waals surface area contributed by atoms with E-state index in [0.717, 1.165) is 39.4 Å². The van der Waals surface area contributed by atoms with Gasteiger partial charge in [-0.15, -0.1) is 0 Å². The quantitative estimate of drug-likeness (QED) is 0.628. The largest absolute Gasteiger partial charge is 0.379 e. The minimum atomic E-state index is -0.653. The Bertz CT molecular complexity index is 162. The maximum atomic E-state index is 13.5. The number of alkyl halides is 1. The molecule has 0 aromatic heterocycles. The van der Waals surface area contributed by atoms with Crippen molar-refractivity contribution < 1.29 is 9.13 Å². The normalized spacial score (nSPS) is 37.6. The molecule has 0 unspecified atom stereocenters. The first-order chi connectivity index (χ1) is 6.38. The number of hydrogen-bond acceptors (Lipinski definition) is 3. The van der Waals surface area contributed by atoms with Gasteiger partial charge in [0.2, 0.25) is 0 Å². The van der Waals surface area contributed by atoms with Crippen LogP contribution in [-0.4, -0.2) is 56.5 Å². The molecule has 3 nitrogen and oxygen atoms in total. The van der Waals surface area contributed by atoms with Gasteiger partial charge >= 0.3 is 0 Å². The van der Waals surface area contributed by atoms with Crippen LogP contribution in [0.1, 0.15) is 6.42 Å². The monoisotopic (exact) mass is 188 g/mol. The van der Waals surface area contributed by atoms with Gasteiger partial charge in [-0.05, 0) is 13.0 Å². The van der Waals surface area contributed by atoms with E-state index in [1.165, 1.54) is 0 Å².